The van der Waals surface area contributed by atoms with Gasteiger partial charge in [-0.05, 0) is 89.9 Å². The summed E-state index contributed by atoms with van der Waals surface area (Å²) >= 11 is 0. The summed E-state index contributed by atoms with van der Waals surface area (Å²) in [5.41, 5.74) is 0. The molecule has 6 nitrogen and oxygen atoms in total. The molecule has 61 heavy (non-hydrogen) atoms. The first kappa shape index (κ1) is 59.1. The van der Waals surface area contributed by atoms with Crippen LogP contribution < -0.4 is 5.32 Å². The summed E-state index contributed by atoms with van der Waals surface area (Å²) in [5, 5.41) is 23.1. The van der Waals surface area contributed by atoms with E-state index in [9.17, 15) is 19.8 Å². The van der Waals surface area contributed by atoms with Gasteiger partial charge in [0.05, 0.1) is 25.4 Å². The van der Waals surface area contributed by atoms with Gasteiger partial charge in [0.2, 0.25) is 5.91 Å². The summed E-state index contributed by atoms with van der Waals surface area (Å²) in [6.45, 7) is 4.88. The number of esters is 1. The van der Waals surface area contributed by atoms with Gasteiger partial charge in [0.1, 0.15) is 0 Å². The van der Waals surface area contributed by atoms with Crippen molar-refractivity contribution in [2.45, 2.75) is 289 Å². The highest BCUT2D eigenvalue weighted by Gasteiger charge is 2.20. The van der Waals surface area contributed by atoms with Gasteiger partial charge < -0.3 is 20.3 Å². The van der Waals surface area contributed by atoms with E-state index in [0.29, 0.717) is 25.9 Å². The molecule has 0 aromatic carbocycles. The van der Waals surface area contributed by atoms with E-state index in [2.05, 4.69) is 55.6 Å². The largest absolute Gasteiger partial charge is 0.466 e. The molecule has 358 valence electrons. The number of allylic oxidation sites excluding steroid dienone is 6. The molecule has 0 aromatic rings. The highest BCUT2D eigenvalue weighted by molar-refractivity contribution is 5.76. The maximum absolute atomic E-state index is 12.4. The molecule has 2 unspecified atom stereocenters. The summed E-state index contributed by atoms with van der Waals surface area (Å²) in [6.07, 6.45) is 61.3. The van der Waals surface area contributed by atoms with Gasteiger partial charge in [0.15, 0.2) is 0 Å². The molecular weight excluding hydrogens is 755 g/mol. The summed E-state index contributed by atoms with van der Waals surface area (Å²) in [6, 6.07) is -0.552. The van der Waals surface area contributed by atoms with Crippen molar-refractivity contribution in [1.29, 1.82) is 0 Å². The number of carbonyl (C=O) groups excluding carboxylic acids is 2. The number of hydrogen-bond donors (Lipinski definition) is 3. The first-order chi connectivity index (χ1) is 30.0. The Bertz CT molecular complexity index is 993. The minimum absolute atomic E-state index is 0.0190. The third-order valence-electron chi connectivity index (χ3n) is 12.2. The molecule has 0 aliphatic rings. The van der Waals surface area contributed by atoms with Crippen molar-refractivity contribution in [3.05, 3.63) is 36.5 Å². The number of nitrogens with one attached hydrogen (secondary N) is 1. The quantitative estimate of drug-likeness (QED) is 0.0322. The molecule has 0 aromatic heterocycles. The van der Waals surface area contributed by atoms with Gasteiger partial charge in [-0.3, -0.25) is 9.59 Å². The fraction of sp³-hybridized carbons (Fsp3) is 0.855. The molecule has 0 aliphatic heterocycles. The molecule has 0 saturated carbocycles. The molecule has 0 saturated heterocycles. The van der Waals surface area contributed by atoms with Crippen LogP contribution in [-0.2, 0) is 14.3 Å². The number of hydrogen-bond acceptors (Lipinski definition) is 5. The Kier molecular flexibility index (Phi) is 49.1. The molecule has 1 amide bonds. The van der Waals surface area contributed by atoms with Gasteiger partial charge in [0.25, 0.3) is 0 Å². The van der Waals surface area contributed by atoms with Crippen molar-refractivity contribution < 1.29 is 24.5 Å². The Morgan fingerprint density at radius 1 is 0.459 bits per heavy atom. The number of rotatable bonds is 49. The molecule has 0 fully saturated rings. The van der Waals surface area contributed by atoms with Crippen LogP contribution in [0.2, 0.25) is 0 Å². The maximum atomic E-state index is 12.4. The van der Waals surface area contributed by atoms with Crippen molar-refractivity contribution >= 4 is 11.9 Å². The average Bonchev–Trinajstić information content (AvgIpc) is 3.26. The van der Waals surface area contributed by atoms with Crippen molar-refractivity contribution in [3.8, 4) is 0 Å². The Labute approximate surface area is 379 Å². The minimum Gasteiger partial charge on any atom is -0.466 e. The second kappa shape index (κ2) is 50.7. The summed E-state index contributed by atoms with van der Waals surface area (Å²) < 4.78 is 5.46. The van der Waals surface area contributed by atoms with Crippen LogP contribution in [0.3, 0.4) is 0 Å². The maximum Gasteiger partial charge on any atom is 0.305 e. The number of ether oxygens (including phenoxy) is 1. The normalized spacial score (nSPS) is 12.9. The summed E-state index contributed by atoms with van der Waals surface area (Å²) in [7, 11) is 0. The lowest BCUT2D eigenvalue weighted by atomic mass is 10.0. The Hall–Kier alpha value is -1.92. The zero-order valence-electron chi connectivity index (χ0n) is 40.6. The van der Waals surface area contributed by atoms with E-state index in [1.54, 1.807) is 0 Å². The first-order valence-electron chi connectivity index (χ1n) is 26.7. The molecule has 0 spiro atoms. The van der Waals surface area contributed by atoms with Gasteiger partial charge >= 0.3 is 5.97 Å². The predicted octanol–water partition coefficient (Wildman–Crippen LogP) is 16.1. The van der Waals surface area contributed by atoms with E-state index >= 15 is 0 Å². The van der Waals surface area contributed by atoms with Crippen LogP contribution in [0.25, 0.3) is 0 Å². The van der Waals surface area contributed by atoms with Crippen molar-refractivity contribution in [2.75, 3.05) is 13.2 Å². The first-order valence-corrected chi connectivity index (χ1v) is 26.7. The number of unbranched alkanes of at least 4 members (excludes halogenated alkanes) is 32. The monoisotopic (exact) mass is 858 g/mol. The third-order valence-corrected chi connectivity index (χ3v) is 12.2. The molecule has 0 bridgehead atoms. The Balaban J connectivity index is 3.47. The smallest absolute Gasteiger partial charge is 0.305 e. The van der Waals surface area contributed by atoms with E-state index < -0.39 is 12.1 Å². The second-order valence-corrected chi connectivity index (χ2v) is 18.2. The van der Waals surface area contributed by atoms with Crippen LogP contribution in [0.15, 0.2) is 36.5 Å². The van der Waals surface area contributed by atoms with Crippen molar-refractivity contribution in [2.24, 2.45) is 0 Å². The molecular formula is C55H103NO5. The van der Waals surface area contributed by atoms with Gasteiger partial charge in [-0.2, -0.15) is 0 Å². The zero-order chi connectivity index (χ0) is 44.4. The molecule has 0 radical (unpaired) electrons. The Morgan fingerprint density at radius 3 is 1.26 bits per heavy atom. The number of aliphatic hydroxyl groups is 2. The van der Waals surface area contributed by atoms with Crippen LogP contribution in [0.5, 0.6) is 0 Å². The van der Waals surface area contributed by atoms with E-state index in [0.717, 1.165) is 83.5 Å². The van der Waals surface area contributed by atoms with Crippen LogP contribution >= 0.6 is 0 Å². The summed E-state index contributed by atoms with van der Waals surface area (Å²) in [4.78, 5) is 24.4. The SMILES string of the molecule is CCCCCCCCC/C=C\CCCCCCCCCC(=O)OCCCCC/C=C\C/C=C\CCCCCCCCCC(=O)NC(CO)C(O)CCCCCCCCCCC. The standard InChI is InChI=1S/C55H103NO5/c1-3-5-7-9-11-13-14-15-16-17-20-23-26-29-33-37-41-45-49-55(60)61-50-46-42-38-34-30-27-24-21-18-19-22-25-28-32-36-40-44-48-54(59)56-52(51-57)53(58)47-43-39-35-31-12-10-8-6-4-2/h16-18,21,27,30,52-53,57-58H,3-15,19-20,22-26,28-29,31-51H2,1-2H3,(H,56,59)/b17-16-,21-18-,30-27-. The zero-order valence-corrected chi connectivity index (χ0v) is 40.6. The molecule has 0 heterocycles. The lowest BCUT2D eigenvalue weighted by molar-refractivity contribution is -0.143. The highest BCUT2D eigenvalue weighted by Crippen LogP contribution is 2.15. The van der Waals surface area contributed by atoms with Crippen LogP contribution in [0, 0.1) is 0 Å². The van der Waals surface area contributed by atoms with E-state index in [1.807, 2.05) is 0 Å². The average molecular weight is 858 g/mol. The van der Waals surface area contributed by atoms with Gasteiger partial charge in [-0.25, -0.2) is 0 Å². The number of carbonyl (C=O) groups is 2. The molecule has 3 N–H and O–H groups in total. The lowest BCUT2D eigenvalue weighted by Crippen LogP contribution is -2.45. The third kappa shape index (κ3) is 47.4. The lowest BCUT2D eigenvalue weighted by Gasteiger charge is -2.22. The van der Waals surface area contributed by atoms with Crippen molar-refractivity contribution in [3.63, 3.8) is 0 Å². The predicted molar refractivity (Wildman–Crippen MR) is 264 cm³/mol. The van der Waals surface area contributed by atoms with Gasteiger partial charge in [0, 0.05) is 12.8 Å². The van der Waals surface area contributed by atoms with Gasteiger partial charge in [-0.15, -0.1) is 0 Å². The molecule has 0 aliphatic carbocycles. The van der Waals surface area contributed by atoms with Crippen LogP contribution in [-0.4, -0.2) is 47.4 Å². The highest BCUT2D eigenvalue weighted by atomic mass is 16.5. The van der Waals surface area contributed by atoms with Crippen molar-refractivity contribution in [1.82, 2.24) is 5.32 Å². The number of aliphatic hydroxyl groups excluding tert-OH is 2. The number of amides is 1. The Morgan fingerprint density at radius 2 is 0.820 bits per heavy atom. The fourth-order valence-electron chi connectivity index (χ4n) is 8.02. The molecule has 6 heteroatoms. The fourth-order valence-corrected chi connectivity index (χ4v) is 8.02. The van der Waals surface area contributed by atoms with Crippen LogP contribution in [0.4, 0.5) is 0 Å². The second-order valence-electron chi connectivity index (χ2n) is 18.2. The molecule has 2 atom stereocenters. The van der Waals surface area contributed by atoms with E-state index in [4.69, 9.17) is 4.74 Å². The van der Waals surface area contributed by atoms with E-state index in [-0.39, 0.29) is 18.5 Å². The van der Waals surface area contributed by atoms with E-state index in [1.165, 1.54) is 161 Å². The summed E-state index contributed by atoms with van der Waals surface area (Å²) in [5.74, 6) is -0.0735. The minimum atomic E-state index is -0.673. The van der Waals surface area contributed by atoms with Crippen LogP contribution in [0.1, 0.15) is 277 Å². The van der Waals surface area contributed by atoms with Gasteiger partial charge in [-0.1, -0.05) is 211 Å². The molecule has 0 rings (SSSR count). The topological polar surface area (TPSA) is 95.9 Å².